The molecule has 0 saturated heterocycles. The van der Waals surface area contributed by atoms with Crippen LogP contribution >= 0.6 is 0 Å². The van der Waals surface area contributed by atoms with Crippen LogP contribution < -0.4 is 59.1 Å². The minimum Gasteiger partial charge on any atom is -0.759 e. The molecule has 0 unspecified atom stereocenters. The maximum Gasteiger partial charge on any atom is 1.00 e. The Bertz CT molecular complexity index is 99.6. The molecule has 0 aliphatic heterocycles. The molecule has 0 aromatic heterocycles. The number of rotatable bonds is 0. The molecule has 0 aromatic carbocycles. The molecule has 0 bridgehead atoms. The predicted octanol–water partition coefficient (Wildman–Crippen LogP) is -9.37. The van der Waals surface area contributed by atoms with Gasteiger partial charge < -0.3 is 25.2 Å². The van der Waals surface area contributed by atoms with Crippen molar-refractivity contribution in [2.75, 3.05) is 7.11 Å². The first-order valence-electron chi connectivity index (χ1n) is 1.11. The van der Waals surface area contributed by atoms with Crippen LogP contribution in [0.5, 0.6) is 0 Å². The molecule has 7 nitrogen and oxygen atoms in total. The summed E-state index contributed by atoms with van der Waals surface area (Å²) >= 11 is 0. The van der Waals surface area contributed by atoms with Crippen molar-refractivity contribution < 1.29 is 92.7 Å². The van der Waals surface area contributed by atoms with E-state index >= 15 is 0 Å². The van der Waals surface area contributed by atoms with Gasteiger partial charge in [0.25, 0.3) is 0 Å². The van der Waals surface area contributed by atoms with Crippen molar-refractivity contribution in [1.29, 1.82) is 0 Å². The Balaban J connectivity index is -0.00000000972. The number of hydrogen-bond acceptors (Lipinski definition) is 5. The Morgan fingerprint density at radius 3 is 1.00 bits per heavy atom. The number of aliphatic hydroxyl groups excluding tert-OH is 1. The predicted molar refractivity (Wildman–Crippen MR) is 25.8 cm³/mol. The van der Waals surface area contributed by atoms with Crippen molar-refractivity contribution in [3.63, 3.8) is 0 Å². The molecule has 0 amide bonds. The minimum absolute atomic E-state index is 0. The normalized spacial score (nSPS) is 5.82. The van der Waals surface area contributed by atoms with Gasteiger partial charge in [-0.3, -0.25) is 8.42 Å². The van der Waals surface area contributed by atoms with Crippen LogP contribution in [0.25, 0.3) is 0 Å². The molecule has 0 heterocycles. The van der Waals surface area contributed by atoms with Crippen LogP contribution in [0.3, 0.4) is 0 Å². The van der Waals surface area contributed by atoms with Crippen LogP contribution in [0.2, 0.25) is 0 Å². The average Bonchev–Trinajstić information content (AvgIpc) is 1.36. The standard InChI is InChI=1S/CH4O.2Na.H2O4S.2H2O/c1-2;;;1-5(2,3)4;;/h2H,1H3;;;(H2,1,2,3,4);2*1H2/q;2*+1;;;/p-2. The molecule has 0 spiro atoms. The van der Waals surface area contributed by atoms with Crippen molar-refractivity contribution in [2.24, 2.45) is 0 Å². The summed E-state index contributed by atoms with van der Waals surface area (Å²) in [5.74, 6) is 0. The van der Waals surface area contributed by atoms with Crippen molar-refractivity contribution >= 4 is 10.4 Å². The van der Waals surface area contributed by atoms with E-state index in [4.69, 9.17) is 22.6 Å². The van der Waals surface area contributed by atoms with E-state index in [1.54, 1.807) is 0 Å². The Hall–Kier alpha value is 1.75. The van der Waals surface area contributed by atoms with Gasteiger partial charge in [-0.25, -0.2) is 0 Å². The van der Waals surface area contributed by atoms with E-state index in [-0.39, 0.29) is 70.1 Å². The second-order valence-electron chi connectivity index (χ2n) is 0.408. The second kappa shape index (κ2) is 22.6. The molecule has 10 heteroatoms. The third kappa shape index (κ3) is 365. The van der Waals surface area contributed by atoms with Gasteiger partial charge in [-0.2, -0.15) is 0 Å². The van der Waals surface area contributed by atoms with Crippen LogP contribution in [0.4, 0.5) is 0 Å². The van der Waals surface area contributed by atoms with E-state index in [9.17, 15) is 0 Å². The molecular formula is CH8Na2O7S. The Labute approximate surface area is 109 Å². The Morgan fingerprint density at radius 1 is 1.00 bits per heavy atom. The fourth-order valence-corrected chi connectivity index (χ4v) is 0. The topological polar surface area (TPSA) is 163 Å². The first-order valence-corrected chi connectivity index (χ1v) is 2.45. The first-order chi connectivity index (χ1) is 3.00. The van der Waals surface area contributed by atoms with Crippen molar-refractivity contribution in [3.05, 3.63) is 0 Å². The van der Waals surface area contributed by atoms with E-state index < -0.39 is 10.4 Å². The van der Waals surface area contributed by atoms with Gasteiger partial charge in [0, 0.05) is 17.5 Å². The summed E-state index contributed by atoms with van der Waals surface area (Å²) in [5.41, 5.74) is 0. The summed E-state index contributed by atoms with van der Waals surface area (Å²) in [4.78, 5) is 0. The van der Waals surface area contributed by atoms with Crippen LogP contribution in [-0.4, -0.2) is 40.7 Å². The molecule has 0 aliphatic rings. The van der Waals surface area contributed by atoms with Gasteiger partial charge in [0.05, 0.1) is 0 Å². The van der Waals surface area contributed by atoms with Gasteiger partial charge in [-0.1, -0.05) is 0 Å². The maximum absolute atomic E-state index is 8.52. The fraction of sp³-hybridized carbons (Fsp3) is 1.00. The monoisotopic (exact) mass is 210 g/mol. The summed E-state index contributed by atoms with van der Waals surface area (Å²) in [5, 5.41) is 7.00. The smallest absolute Gasteiger partial charge is 0.759 e. The van der Waals surface area contributed by atoms with Crippen LogP contribution in [0.1, 0.15) is 0 Å². The molecule has 0 aliphatic carbocycles. The molecule has 0 atom stereocenters. The zero-order valence-corrected chi connectivity index (χ0v) is 11.3. The zero-order chi connectivity index (χ0) is 6.50. The molecule has 0 aromatic rings. The summed E-state index contributed by atoms with van der Waals surface area (Å²) in [6.45, 7) is 0. The van der Waals surface area contributed by atoms with Crippen molar-refractivity contribution in [1.82, 2.24) is 0 Å². The molecule has 0 saturated carbocycles. The van der Waals surface area contributed by atoms with E-state index in [0.29, 0.717) is 0 Å². The maximum atomic E-state index is 8.52. The quantitative estimate of drug-likeness (QED) is 0.238. The van der Waals surface area contributed by atoms with Crippen LogP contribution in [-0.2, 0) is 10.4 Å². The van der Waals surface area contributed by atoms with Gasteiger partial charge in [0.1, 0.15) is 0 Å². The minimum atomic E-state index is -5.17. The molecule has 5 N–H and O–H groups in total. The molecule has 11 heavy (non-hydrogen) atoms. The van der Waals surface area contributed by atoms with Gasteiger partial charge in [0.15, 0.2) is 0 Å². The molecule has 0 fully saturated rings. The first kappa shape index (κ1) is 38.6. The Kier molecular flexibility index (Phi) is 79.4. The van der Waals surface area contributed by atoms with E-state index in [1.807, 2.05) is 0 Å². The third-order valence-electron chi connectivity index (χ3n) is 0. The Morgan fingerprint density at radius 2 is 1.00 bits per heavy atom. The van der Waals surface area contributed by atoms with Crippen molar-refractivity contribution in [2.45, 2.75) is 0 Å². The van der Waals surface area contributed by atoms with Crippen LogP contribution in [0.15, 0.2) is 0 Å². The molecule has 0 radical (unpaired) electrons. The molecular weight excluding hydrogens is 202 g/mol. The van der Waals surface area contributed by atoms with Gasteiger partial charge in [0.2, 0.25) is 0 Å². The summed E-state index contributed by atoms with van der Waals surface area (Å²) < 4.78 is 34.1. The second-order valence-corrected chi connectivity index (χ2v) is 1.22. The van der Waals surface area contributed by atoms with Gasteiger partial charge in [-0.15, -0.1) is 0 Å². The van der Waals surface area contributed by atoms with Gasteiger partial charge >= 0.3 is 59.1 Å². The van der Waals surface area contributed by atoms with E-state index in [2.05, 4.69) is 0 Å². The number of aliphatic hydroxyl groups is 1. The zero-order valence-electron chi connectivity index (χ0n) is 6.49. The number of hydrogen-bond donors (Lipinski definition) is 1. The summed E-state index contributed by atoms with van der Waals surface area (Å²) in [7, 11) is -4.17. The fourth-order valence-electron chi connectivity index (χ4n) is 0. The third-order valence-corrected chi connectivity index (χ3v) is 0. The summed E-state index contributed by atoms with van der Waals surface area (Å²) in [6.07, 6.45) is 0. The van der Waals surface area contributed by atoms with Crippen LogP contribution in [0, 0.1) is 0 Å². The van der Waals surface area contributed by atoms with Gasteiger partial charge in [-0.05, 0) is 0 Å². The van der Waals surface area contributed by atoms with E-state index in [1.165, 1.54) is 0 Å². The summed E-state index contributed by atoms with van der Waals surface area (Å²) in [6, 6.07) is 0. The molecule has 0 rings (SSSR count). The average molecular weight is 210 g/mol. The largest absolute Gasteiger partial charge is 1.00 e. The molecule has 62 valence electrons. The van der Waals surface area contributed by atoms with Crippen molar-refractivity contribution in [3.8, 4) is 0 Å². The van der Waals surface area contributed by atoms with E-state index in [0.717, 1.165) is 7.11 Å². The SMILES string of the molecule is CO.O.O.O=S(=O)([O-])[O-].[Na+].[Na+].